The van der Waals surface area contributed by atoms with Crippen molar-refractivity contribution in [2.45, 2.75) is 25.9 Å². The van der Waals surface area contributed by atoms with Gasteiger partial charge in [-0.2, -0.15) is 0 Å². The zero-order valence-electron chi connectivity index (χ0n) is 13.1. The van der Waals surface area contributed by atoms with Crippen LogP contribution in [0.15, 0.2) is 24.3 Å². The minimum Gasteiger partial charge on any atom is -0.342 e. The Balaban J connectivity index is 2.15. The second-order valence-corrected chi connectivity index (χ2v) is 6.24. The zero-order chi connectivity index (χ0) is 14.3. The predicted molar refractivity (Wildman–Crippen MR) is 85.2 cm³/mol. The number of nitrogens with zero attached hydrogens (tertiary/aromatic N) is 3. The summed E-state index contributed by atoms with van der Waals surface area (Å²) in [4.78, 5) is 4.73. The highest BCUT2D eigenvalue weighted by atomic mass is 15.2. The smallest absolute Gasteiger partial charge is 0.0486 e. The lowest BCUT2D eigenvalue weighted by atomic mass is 9.99. The van der Waals surface area contributed by atoms with Crippen molar-refractivity contribution in [3.8, 4) is 0 Å². The number of hydrogen-bond acceptors (Lipinski definition) is 2. The van der Waals surface area contributed by atoms with Gasteiger partial charge in [0.1, 0.15) is 0 Å². The summed E-state index contributed by atoms with van der Waals surface area (Å²) in [7, 11) is 6.53. The number of likely N-dealkylation sites (N-methyl/N-ethyl adjacent to an activating group) is 2. The molecule has 1 aliphatic heterocycles. The molecule has 108 valence electrons. The molecule has 3 nitrogen and oxygen atoms in total. The Labute approximate surface area is 121 Å². The first kappa shape index (κ1) is 13.7. The average molecular weight is 271 g/mol. The Morgan fingerprint density at radius 2 is 2.00 bits per heavy atom. The fourth-order valence-corrected chi connectivity index (χ4v) is 3.37. The van der Waals surface area contributed by atoms with Crippen LogP contribution in [-0.2, 0) is 13.0 Å². The van der Waals surface area contributed by atoms with E-state index in [0.29, 0.717) is 6.04 Å². The van der Waals surface area contributed by atoms with Gasteiger partial charge in [0.25, 0.3) is 0 Å². The van der Waals surface area contributed by atoms with E-state index in [1.165, 1.54) is 23.0 Å². The number of hydrogen-bond donors (Lipinski definition) is 0. The van der Waals surface area contributed by atoms with E-state index in [0.717, 1.165) is 19.6 Å². The fourth-order valence-electron chi connectivity index (χ4n) is 3.37. The van der Waals surface area contributed by atoms with Gasteiger partial charge in [0, 0.05) is 42.3 Å². The molecule has 3 rings (SSSR count). The molecule has 1 aliphatic rings. The summed E-state index contributed by atoms with van der Waals surface area (Å²) in [6.45, 7) is 5.65. The average Bonchev–Trinajstić information content (AvgIpc) is 2.75. The van der Waals surface area contributed by atoms with E-state index in [-0.39, 0.29) is 0 Å². The maximum absolute atomic E-state index is 2.55. The van der Waals surface area contributed by atoms with Gasteiger partial charge in [0.2, 0.25) is 0 Å². The largest absolute Gasteiger partial charge is 0.342 e. The third-order valence-electron chi connectivity index (χ3n) is 4.66. The third kappa shape index (κ3) is 2.15. The van der Waals surface area contributed by atoms with Gasteiger partial charge in [0.05, 0.1) is 0 Å². The Morgan fingerprint density at radius 1 is 1.25 bits per heavy atom. The highest BCUT2D eigenvalue weighted by Gasteiger charge is 2.27. The van der Waals surface area contributed by atoms with Crippen LogP contribution in [0, 0.1) is 0 Å². The molecule has 1 aromatic heterocycles. The highest BCUT2D eigenvalue weighted by Crippen LogP contribution is 2.36. The van der Waals surface area contributed by atoms with Crippen LogP contribution in [0.2, 0.25) is 0 Å². The standard InChI is InChI=1S/C17H25N3/c1-13-17-15(9-10-19(13)4)14-7-5-6-8-16(14)20(17)12-11-18(2)3/h5-8,13H,9-12H2,1-4H3. The van der Waals surface area contributed by atoms with Gasteiger partial charge in [-0.05, 0) is 46.1 Å². The predicted octanol–water partition coefficient (Wildman–Crippen LogP) is 2.75. The summed E-state index contributed by atoms with van der Waals surface area (Å²) in [6, 6.07) is 9.40. The van der Waals surface area contributed by atoms with Crippen LogP contribution in [0.5, 0.6) is 0 Å². The lowest BCUT2D eigenvalue weighted by molar-refractivity contribution is 0.236. The Kier molecular flexibility index (Phi) is 3.57. The number of benzene rings is 1. The van der Waals surface area contributed by atoms with Gasteiger partial charge < -0.3 is 9.47 Å². The summed E-state index contributed by atoms with van der Waals surface area (Å²) >= 11 is 0. The first-order chi connectivity index (χ1) is 9.59. The van der Waals surface area contributed by atoms with E-state index in [4.69, 9.17) is 0 Å². The van der Waals surface area contributed by atoms with Gasteiger partial charge in [0.15, 0.2) is 0 Å². The molecule has 1 atom stereocenters. The number of rotatable bonds is 3. The molecule has 0 spiro atoms. The molecular weight excluding hydrogens is 246 g/mol. The molecule has 3 heteroatoms. The summed E-state index contributed by atoms with van der Waals surface area (Å²) in [5.41, 5.74) is 4.51. The lowest BCUT2D eigenvalue weighted by Gasteiger charge is -2.32. The van der Waals surface area contributed by atoms with Crippen molar-refractivity contribution < 1.29 is 0 Å². The second kappa shape index (κ2) is 5.23. The van der Waals surface area contributed by atoms with Crippen LogP contribution >= 0.6 is 0 Å². The van der Waals surface area contributed by atoms with E-state index in [1.807, 2.05) is 0 Å². The van der Waals surface area contributed by atoms with E-state index >= 15 is 0 Å². The molecular formula is C17H25N3. The van der Waals surface area contributed by atoms with Gasteiger partial charge >= 0.3 is 0 Å². The van der Waals surface area contributed by atoms with Crippen LogP contribution in [-0.4, -0.2) is 48.6 Å². The maximum atomic E-state index is 2.55. The zero-order valence-corrected chi connectivity index (χ0v) is 13.1. The van der Waals surface area contributed by atoms with Crippen LogP contribution in [0.25, 0.3) is 10.9 Å². The van der Waals surface area contributed by atoms with Crippen LogP contribution in [0.3, 0.4) is 0 Å². The van der Waals surface area contributed by atoms with Crippen LogP contribution in [0.4, 0.5) is 0 Å². The van der Waals surface area contributed by atoms with E-state index in [9.17, 15) is 0 Å². The third-order valence-corrected chi connectivity index (χ3v) is 4.66. The van der Waals surface area contributed by atoms with Crippen molar-refractivity contribution in [3.05, 3.63) is 35.5 Å². The molecule has 0 radical (unpaired) electrons. The molecule has 1 aromatic carbocycles. The Bertz CT molecular complexity index is 612. The van der Waals surface area contributed by atoms with E-state index in [2.05, 4.69) is 66.7 Å². The van der Waals surface area contributed by atoms with Crippen molar-refractivity contribution in [2.75, 3.05) is 34.2 Å². The minimum atomic E-state index is 0.508. The highest BCUT2D eigenvalue weighted by molar-refractivity contribution is 5.86. The Morgan fingerprint density at radius 3 is 2.75 bits per heavy atom. The van der Waals surface area contributed by atoms with Crippen molar-refractivity contribution in [1.29, 1.82) is 0 Å². The van der Waals surface area contributed by atoms with Crippen molar-refractivity contribution in [3.63, 3.8) is 0 Å². The molecule has 0 bridgehead atoms. The van der Waals surface area contributed by atoms with Crippen molar-refractivity contribution in [2.24, 2.45) is 0 Å². The van der Waals surface area contributed by atoms with Crippen molar-refractivity contribution in [1.82, 2.24) is 14.4 Å². The molecule has 20 heavy (non-hydrogen) atoms. The second-order valence-electron chi connectivity index (χ2n) is 6.24. The molecule has 2 aromatic rings. The Hall–Kier alpha value is -1.32. The first-order valence-corrected chi connectivity index (χ1v) is 7.54. The maximum Gasteiger partial charge on any atom is 0.0486 e. The van der Waals surface area contributed by atoms with Gasteiger partial charge in [-0.25, -0.2) is 0 Å². The van der Waals surface area contributed by atoms with Gasteiger partial charge in [-0.3, -0.25) is 4.90 Å². The molecule has 0 amide bonds. The molecule has 0 aliphatic carbocycles. The normalized spacial score (nSPS) is 19.8. The van der Waals surface area contributed by atoms with Crippen LogP contribution < -0.4 is 0 Å². The summed E-state index contributed by atoms with van der Waals surface area (Å²) in [5.74, 6) is 0. The minimum absolute atomic E-state index is 0.508. The number of aromatic nitrogens is 1. The molecule has 0 N–H and O–H groups in total. The van der Waals surface area contributed by atoms with E-state index < -0.39 is 0 Å². The van der Waals surface area contributed by atoms with Gasteiger partial charge in [-0.15, -0.1) is 0 Å². The molecule has 2 heterocycles. The number of para-hydroxylation sites is 1. The topological polar surface area (TPSA) is 11.4 Å². The monoisotopic (exact) mass is 271 g/mol. The molecule has 1 unspecified atom stereocenters. The lowest BCUT2D eigenvalue weighted by Crippen LogP contribution is -2.32. The number of fused-ring (bicyclic) bond motifs is 3. The first-order valence-electron chi connectivity index (χ1n) is 7.54. The SMILES string of the molecule is CC1c2c(c3ccccc3n2CCN(C)C)CCN1C. The summed E-state index contributed by atoms with van der Waals surface area (Å²) in [5, 5.41) is 1.46. The summed E-state index contributed by atoms with van der Waals surface area (Å²) < 4.78 is 2.55. The van der Waals surface area contributed by atoms with E-state index in [1.54, 1.807) is 5.56 Å². The quantitative estimate of drug-likeness (QED) is 0.850. The fraction of sp³-hybridized carbons (Fsp3) is 0.529. The molecule has 0 saturated heterocycles. The molecule has 0 saturated carbocycles. The van der Waals surface area contributed by atoms with Crippen LogP contribution in [0.1, 0.15) is 24.2 Å². The molecule has 0 fully saturated rings. The van der Waals surface area contributed by atoms with Gasteiger partial charge in [-0.1, -0.05) is 18.2 Å². The van der Waals surface area contributed by atoms with Crippen molar-refractivity contribution >= 4 is 10.9 Å². The summed E-state index contributed by atoms with van der Waals surface area (Å²) in [6.07, 6.45) is 1.17.